The zero-order chi connectivity index (χ0) is 27.1. The number of allylic oxidation sites excluding steroid dienone is 2. The Labute approximate surface area is 228 Å². The number of carbonyl (C=O) groups excluding carboxylic acids is 2. The molecule has 2 amide bonds. The molecule has 3 rings (SSSR count). The molecule has 2 N–H and O–H groups in total. The molecule has 1 aromatic carbocycles. The average molecular weight is 565 g/mol. The molecular weight excluding hydrogens is 533 g/mol. The zero-order valence-corrected chi connectivity index (χ0v) is 23.4. The average Bonchev–Trinajstić information content (AvgIpc) is 2.89. The van der Waals surface area contributed by atoms with Crippen LogP contribution in [-0.4, -0.2) is 63.2 Å². The van der Waals surface area contributed by atoms with Crippen LogP contribution >= 0.6 is 23.2 Å². The lowest BCUT2D eigenvalue weighted by Crippen LogP contribution is -2.37. The van der Waals surface area contributed by atoms with Crippen LogP contribution in [0.1, 0.15) is 30.6 Å². The molecule has 0 aliphatic heterocycles. The highest BCUT2D eigenvalue weighted by atomic mass is 35.5. The Morgan fingerprint density at radius 1 is 1.14 bits per heavy atom. The molecule has 1 aliphatic carbocycles. The first-order chi connectivity index (χ1) is 17.6. The lowest BCUT2D eigenvalue weighted by atomic mass is 9.97. The van der Waals surface area contributed by atoms with Gasteiger partial charge < -0.3 is 15.5 Å². The quantitative estimate of drug-likeness (QED) is 0.407. The maximum absolute atomic E-state index is 13.0. The third kappa shape index (κ3) is 7.88. The van der Waals surface area contributed by atoms with E-state index < -0.39 is 20.5 Å². The lowest BCUT2D eigenvalue weighted by Gasteiger charge is -2.24. The predicted molar refractivity (Wildman–Crippen MR) is 150 cm³/mol. The molecular formula is C26H31Cl2N5O3S. The third-order valence-electron chi connectivity index (χ3n) is 5.95. The van der Waals surface area contributed by atoms with Gasteiger partial charge in [-0.15, -0.1) is 11.6 Å². The zero-order valence-electron chi connectivity index (χ0n) is 21.0. The smallest absolute Gasteiger partial charge is 0.255 e. The number of benzene rings is 1. The van der Waals surface area contributed by atoms with Crippen LogP contribution in [-0.2, 0) is 14.5 Å². The summed E-state index contributed by atoms with van der Waals surface area (Å²) in [6.07, 6.45) is 8.01. The molecule has 0 fully saturated rings. The number of likely N-dealkylation sites (N-methyl/N-ethyl adjacent to an activating group) is 1. The first-order valence-electron chi connectivity index (χ1n) is 11.9. The van der Waals surface area contributed by atoms with Gasteiger partial charge in [-0.1, -0.05) is 37.6 Å². The number of anilines is 1. The van der Waals surface area contributed by atoms with Gasteiger partial charge >= 0.3 is 0 Å². The standard InChI is InChI=1S/C26H31Cl2N5O3S/c1-4-33(5-2)17-16-30-37(3,36)22-9-6-19(7-10-22)24(34)31-21-12-14-26(28,15-13-21)25(35)32-23-11-8-20(27)18-29-23/h6-14,18H,4-5,15-17H2,1-3H3,(H,31,34)(H,29,32,35). The minimum Gasteiger partial charge on any atom is -0.322 e. The van der Waals surface area contributed by atoms with Gasteiger partial charge in [0.2, 0.25) is 0 Å². The van der Waals surface area contributed by atoms with Gasteiger partial charge in [-0.25, -0.2) is 13.6 Å². The highest BCUT2D eigenvalue weighted by molar-refractivity contribution is 7.93. The van der Waals surface area contributed by atoms with E-state index in [0.717, 1.165) is 19.6 Å². The van der Waals surface area contributed by atoms with E-state index in [-0.39, 0.29) is 12.3 Å². The third-order valence-corrected chi connectivity index (χ3v) is 8.45. The molecule has 8 nitrogen and oxygen atoms in total. The fourth-order valence-corrected chi connectivity index (χ4v) is 5.10. The van der Waals surface area contributed by atoms with E-state index in [9.17, 15) is 13.8 Å². The Morgan fingerprint density at radius 2 is 1.84 bits per heavy atom. The highest BCUT2D eigenvalue weighted by Gasteiger charge is 2.34. The van der Waals surface area contributed by atoms with Crippen LogP contribution in [0.15, 0.2) is 75.8 Å². The second-order valence-electron chi connectivity index (χ2n) is 8.54. The molecule has 1 heterocycles. The maximum atomic E-state index is 13.0. The molecule has 2 aromatic rings. The van der Waals surface area contributed by atoms with Crippen molar-refractivity contribution < 1.29 is 13.8 Å². The van der Waals surface area contributed by atoms with E-state index in [1.54, 1.807) is 54.8 Å². The maximum Gasteiger partial charge on any atom is 0.255 e. The van der Waals surface area contributed by atoms with Crippen molar-refractivity contribution in [2.45, 2.75) is 30.0 Å². The number of alkyl halides is 1. The highest BCUT2D eigenvalue weighted by Crippen LogP contribution is 2.29. The summed E-state index contributed by atoms with van der Waals surface area (Å²) in [6.45, 7) is 7.25. The molecule has 0 saturated heterocycles. The summed E-state index contributed by atoms with van der Waals surface area (Å²) < 4.78 is 17.4. The number of nitrogens with zero attached hydrogens (tertiary/aromatic N) is 3. The number of amides is 2. The number of hydrogen-bond acceptors (Lipinski definition) is 6. The van der Waals surface area contributed by atoms with Crippen molar-refractivity contribution in [3.63, 3.8) is 0 Å². The first-order valence-corrected chi connectivity index (χ1v) is 14.6. The minimum absolute atomic E-state index is 0.173. The Bertz CT molecular complexity index is 1300. The number of halogens is 2. The van der Waals surface area contributed by atoms with Crippen molar-refractivity contribution in [3.8, 4) is 0 Å². The number of pyridine rings is 1. The molecule has 0 bridgehead atoms. The van der Waals surface area contributed by atoms with Crippen LogP contribution in [0.2, 0.25) is 5.02 Å². The molecule has 2 atom stereocenters. The van der Waals surface area contributed by atoms with Gasteiger partial charge in [-0.3, -0.25) is 9.59 Å². The van der Waals surface area contributed by atoms with E-state index in [1.807, 2.05) is 0 Å². The van der Waals surface area contributed by atoms with Crippen molar-refractivity contribution >= 4 is 50.6 Å². The van der Waals surface area contributed by atoms with Crippen molar-refractivity contribution in [2.75, 3.05) is 37.8 Å². The van der Waals surface area contributed by atoms with Gasteiger partial charge in [0.1, 0.15) is 10.7 Å². The van der Waals surface area contributed by atoms with E-state index in [2.05, 4.69) is 38.7 Å². The van der Waals surface area contributed by atoms with Crippen molar-refractivity contribution in [2.24, 2.45) is 4.36 Å². The van der Waals surface area contributed by atoms with Crippen LogP contribution < -0.4 is 10.6 Å². The topological polar surface area (TPSA) is 104 Å². The van der Waals surface area contributed by atoms with Gasteiger partial charge in [0, 0.05) is 35.2 Å². The Kier molecular flexibility index (Phi) is 9.89. The SMILES string of the molecule is CCN(CC)CCN=S(C)(=O)c1ccc(C(=O)NC2=CCC(Cl)(C(=O)Nc3ccc(Cl)cn3)C=C2)cc1. The normalized spacial score (nSPS) is 18.6. The molecule has 0 radical (unpaired) electrons. The van der Waals surface area contributed by atoms with Crippen LogP contribution in [0.3, 0.4) is 0 Å². The van der Waals surface area contributed by atoms with E-state index in [4.69, 9.17) is 23.2 Å². The number of rotatable bonds is 10. The van der Waals surface area contributed by atoms with Crippen LogP contribution in [0, 0.1) is 0 Å². The van der Waals surface area contributed by atoms with Gasteiger partial charge in [-0.2, -0.15) is 0 Å². The number of carbonyl (C=O) groups is 2. The van der Waals surface area contributed by atoms with Crippen LogP contribution in [0.5, 0.6) is 0 Å². The molecule has 1 aromatic heterocycles. The van der Waals surface area contributed by atoms with E-state index in [0.29, 0.717) is 33.5 Å². The predicted octanol–water partition coefficient (Wildman–Crippen LogP) is 4.72. The second-order valence-corrected chi connectivity index (χ2v) is 12.0. The van der Waals surface area contributed by atoms with Crippen LogP contribution in [0.25, 0.3) is 0 Å². The first kappa shape index (κ1) is 28.8. The Hall–Kier alpha value is -2.72. The summed E-state index contributed by atoms with van der Waals surface area (Å²) >= 11 is 12.3. The number of hydrogen-bond donors (Lipinski definition) is 2. The molecule has 1 aliphatic rings. The van der Waals surface area contributed by atoms with E-state index in [1.165, 1.54) is 12.3 Å². The monoisotopic (exact) mass is 563 g/mol. The summed E-state index contributed by atoms with van der Waals surface area (Å²) in [7, 11) is -2.56. The summed E-state index contributed by atoms with van der Waals surface area (Å²) in [5, 5.41) is 5.92. The van der Waals surface area contributed by atoms with Crippen molar-refractivity contribution in [1.82, 2.24) is 15.2 Å². The fraction of sp³-hybridized carbons (Fsp3) is 0.346. The molecule has 0 spiro atoms. The molecule has 37 heavy (non-hydrogen) atoms. The van der Waals surface area contributed by atoms with Gasteiger partial charge in [-0.05, 0) is 62.0 Å². The molecule has 2 unspecified atom stereocenters. The fourth-order valence-electron chi connectivity index (χ4n) is 3.58. The van der Waals surface area contributed by atoms with Crippen molar-refractivity contribution in [3.05, 3.63) is 77.1 Å². The van der Waals surface area contributed by atoms with Gasteiger partial charge in [0.25, 0.3) is 11.8 Å². The van der Waals surface area contributed by atoms with Crippen molar-refractivity contribution in [1.29, 1.82) is 0 Å². The van der Waals surface area contributed by atoms with Gasteiger partial charge in [0.15, 0.2) is 0 Å². The summed E-state index contributed by atoms with van der Waals surface area (Å²) in [5.74, 6) is -0.439. The Morgan fingerprint density at radius 3 is 2.41 bits per heavy atom. The number of nitrogens with one attached hydrogen (secondary N) is 2. The van der Waals surface area contributed by atoms with Crippen LogP contribution in [0.4, 0.5) is 5.82 Å². The molecule has 11 heteroatoms. The largest absolute Gasteiger partial charge is 0.322 e. The second kappa shape index (κ2) is 12.7. The minimum atomic E-state index is -2.56. The van der Waals surface area contributed by atoms with E-state index >= 15 is 0 Å². The molecule has 0 saturated carbocycles. The number of aromatic nitrogens is 1. The Balaban J connectivity index is 1.58. The lowest BCUT2D eigenvalue weighted by molar-refractivity contribution is -0.117. The molecule has 198 valence electrons. The van der Waals surface area contributed by atoms with Gasteiger partial charge in [0.05, 0.1) is 21.3 Å². The summed E-state index contributed by atoms with van der Waals surface area (Å²) in [5.41, 5.74) is 0.930. The summed E-state index contributed by atoms with van der Waals surface area (Å²) in [4.78, 5) is 30.9. The summed E-state index contributed by atoms with van der Waals surface area (Å²) in [6, 6.07) is 9.78.